The number of halogens is 1. The second-order valence-corrected chi connectivity index (χ2v) is 5.86. The van der Waals surface area contributed by atoms with Gasteiger partial charge in [0.1, 0.15) is 11.5 Å². The van der Waals surface area contributed by atoms with E-state index in [0.717, 1.165) is 19.0 Å². The van der Waals surface area contributed by atoms with Crippen molar-refractivity contribution in [2.75, 3.05) is 20.3 Å². The first-order chi connectivity index (χ1) is 9.56. The van der Waals surface area contributed by atoms with E-state index in [0.29, 0.717) is 36.6 Å². The van der Waals surface area contributed by atoms with Crippen molar-refractivity contribution in [1.29, 1.82) is 0 Å². The molecule has 2 aliphatic rings. The first-order valence-corrected chi connectivity index (χ1v) is 7.02. The lowest BCUT2D eigenvalue weighted by Crippen LogP contribution is -2.55. The number of hydrogen-bond donors (Lipinski definition) is 0. The van der Waals surface area contributed by atoms with Crippen molar-refractivity contribution in [3.63, 3.8) is 0 Å². The number of carbonyl (C=O) groups excluding carboxylic acids is 1. The lowest BCUT2D eigenvalue weighted by atomic mass is 9.81. The monoisotopic (exact) mass is 278 g/mol. The van der Waals surface area contributed by atoms with Crippen molar-refractivity contribution in [2.45, 2.75) is 31.8 Å². The number of hydrogen-bond acceptors (Lipinski definition) is 4. The first kappa shape index (κ1) is 13.6. The molecule has 0 spiro atoms. The number of ether oxygens (including phenoxy) is 1. The van der Waals surface area contributed by atoms with Crippen molar-refractivity contribution in [3.05, 3.63) is 29.3 Å². The number of aromatic nitrogens is 1. The second-order valence-electron chi connectivity index (χ2n) is 5.86. The SMILES string of the molecule is Cc1cc(F)cnc1C(=O)C1CC2COCC(C1)N2C. The average Bonchev–Trinajstić information content (AvgIpc) is 2.37. The standard InChI is InChI=1S/C15H19FN2O2/c1-9-3-11(16)6-17-14(9)15(19)10-4-12-7-20-8-13(5-10)18(12)2/h3,6,10,12-13H,4-5,7-8H2,1-2H3. The molecule has 5 heteroatoms. The lowest BCUT2D eigenvalue weighted by Gasteiger charge is -2.46. The minimum absolute atomic E-state index is 0.0261. The predicted octanol–water partition coefficient (Wildman–Crippen LogP) is 1.82. The summed E-state index contributed by atoms with van der Waals surface area (Å²) in [6.07, 6.45) is 2.72. The van der Waals surface area contributed by atoms with Crippen molar-refractivity contribution in [2.24, 2.45) is 5.92 Å². The number of likely N-dealkylation sites (N-methyl/N-ethyl adjacent to an activating group) is 1. The number of fused-ring (bicyclic) bond motifs is 2. The molecule has 1 aromatic heterocycles. The van der Waals surface area contributed by atoms with Gasteiger partial charge in [0.2, 0.25) is 0 Å². The lowest BCUT2D eigenvalue weighted by molar-refractivity contribution is -0.0703. The van der Waals surface area contributed by atoms with Crippen LogP contribution in [0.25, 0.3) is 0 Å². The van der Waals surface area contributed by atoms with E-state index >= 15 is 0 Å². The Kier molecular flexibility index (Phi) is 3.56. The highest BCUT2D eigenvalue weighted by Gasteiger charge is 2.40. The Morgan fingerprint density at radius 3 is 2.65 bits per heavy atom. The van der Waals surface area contributed by atoms with Gasteiger partial charge in [0.25, 0.3) is 0 Å². The van der Waals surface area contributed by atoms with Gasteiger partial charge in [-0.2, -0.15) is 0 Å². The van der Waals surface area contributed by atoms with Crippen LogP contribution in [0.5, 0.6) is 0 Å². The summed E-state index contributed by atoms with van der Waals surface area (Å²) in [5.41, 5.74) is 1.04. The maximum absolute atomic E-state index is 13.1. The molecular formula is C15H19FN2O2. The van der Waals surface area contributed by atoms with Crippen molar-refractivity contribution >= 4 is 5.78 Å². The number of piperidine rings is 1. The second kappa shape index (κ2) is 5.22. The normalized spacial score (nSPS) is 30.2. The Balaban J connectivity index is 1.81. The van der Waals surface area contributed by atoms with Crippen LogP contribution in [0, 0.1) is 18.7 Å². The minimum Gasteiger partial charge on any atom is -0.378 e. The molecule has 0 aromatic carbocycles. The molecule has 3 rings (SSSR count). The van der Waals surface area contributed by atoms with Gasteiger partial charge in [-0.05, 0) is 38.4 Å². The number of carbonyl (C=O) groups is 1. The van der Waals surface area contributed by atoms with Crippen molar-refractivity contribution in [1.82, 2.24) is 9.88 Å². The van der Waals surface area contributed by atoms with Gasteiger partial charge in [-0.1, -0.05) is 0 Å². The molecule has 108 valence electrons. The van der Waals surface area contributed by atoms with Crippen LogP contribution in [-0.4, -0.2) is 48.0 Å². The molecule has 2 aliphatic heterocycles. The van der Waals surface area contributed by atoms with Gasteiger partial charge in [0.15, 0.2) is 5.78 Å². The molecule has 2 fully saturated rings. The molecule has 0 saturated carbocycles. The fourth-order valence-electron chi connectivity index (χ4n) is 3.30. The largest absolute Gasteiger partial charge is 0.378 e. The summed E-state index contributed by atoms with van der Waals surface area (Å²) in [5, 5.41) is 0. The zero-order valence-corrected chi connectivity index (χ0v) is 11.8. The first-order valence-electron chi connectivity index (χ1n) is 7.02. The van der Waals surface area contributed by atoms with E-state index in [1.807, 2.05) is 0 Å². The van der Waals surface area contributed by atoms with E-state index in [-0.39, 0.29) is 11.7 Å². The van der Waals surface area contributed by atoms with Gasteiger partial charge in [-0.15, -0.1) is 0 Å². The van der Waals surface area contributed by atoms with Gasteiger partial charge in [0, 0.05) is 18.0 Å². The number of aryl methyl sites for hydroxylation is 1. The Labute approximate surface area is 117 Å². The number of pyridine rings is 1. The summed E-state index contributed by atoms with van der Waals surface area (Å²) >= 11 is 0. The van der Waals surface area contributed by atoms with Gasteiger partial charge in [0.05, 0.1) is 19.4 Å². The topological polar surface area (TPSA) is 42.4 Å². The smallest absolute Gasteiger partial charge is 0.184 e. The third-order valence-electron chi connectivity index (χ3n) is 4.53. The maximum Gasteiger partial charge on any atom is 0.184 e. The quantitative estimate of drug-likeness (QED) is 0.774. The summed E-state index contributed by atoms with van der Waals surface area (Å²) in [6.45, 7) is 3.11. The molecule has 0 amide bonds. The number of rotatable bonds is 2. The van der Waals surface area contributed by atoms with Crippen LogP contribution in [0.3, 0.4) is 0 Å². The molecule has 2 saturated heterocycles. The van der Waals surface area contributed by atoms with E-state index in [1.54, 1.807) is 6.92 Å². The molecule has 2 unspecified atom stereocenters. The van der Waals surface area contributed by atoms with Crippen LogP contribution in [0.4, 0.5) is 4.39 Å². The predicted molar refractivity (Wildman–Crippen MR) is 72.1 cm³/mol. The van der Waals surface area contributed by atoms with Gasteiger partial charge in [-0.25, -0.2) is 9.37 Å². The fraction of sp³-hybridized carbons (Fsp3) is 0.600. The fourth-order valence-corrected chi connectivity index (χ4v) is 3.30. The molecule has 3 heterocycles. The molecule has 4 nitrogen and oxygen atoms in total. The van der Waals surface area contributed by atoms with E-state index in [2.05, 4.69) is 16.9 Å². The summed E-state index contributed by atoms with van der Waals surface area (Å²) < 4.78 is 18.7. The summed E-state index contributed by atoms with van der Waals surface area (Å²) in [6, 6.07) is 1.98. The highest BCUT2D eigenvalue weighted by atomic mass is 19.1. The molecule has 0 radical (unpaired) electrons. The van der Waals surface area contributed by atoms with Crippen LogP contribution in [-0.2, 0) is 4.74 Å². The zero-order chi connectivity index (χ0) is 14.3. The number of ketones is 1. The highest BCUT2D eigenvalue weighted by molar-refractivity contribution is 5.97. The van der Waals surface area contributed by atoms with E-state index in [9.17, 15) is 9.18 Å². The molecule has 2 atom stereocenters. The Bertz CT molecular complexity index is 521. The summed E-state index contributed by atoms with van der Waals surface area (Å²) in [7, 11) is 2.10. The van der Waals surface area contributed by atoms with Gasteiger partial charge < -0.3 is 4.74 Å². The highest BCUT2D eigenvalue weighted by Crippen LogP contribution is 2.32. The molecule has 1 aromatic rings. The third-order valence-corrected chi connectivity index (χ3v) is 4.53. The number of nitrogens with zero attached hydrogens (tertiary/aromatic N) is 2. The van der Waals surface area contributed by atoms with Crippen molar-refractivity contribution < 1.29 is 13.9 Å². The third kappa shape index (κ3) is 2.36. The molecule has 0 aliphatic carbocycles. The van der Waals surface area contributed by atoms with Crippen LogP contribution in [0.1, 0.15) is 28.9 Å². The van der Waals surface area contributed by atoms with E-state index in [4.69, 9.17) is 4.74 Å². The number of Topliss-reactive ketones (excluding diaryl/α,β-unsaturated/α-hetero) is 1. The molecule has 20 heavy (non-hydrogen) atoms. The van der Waals surface area contributed by atoms with E-state index in [1.165, 1.54) is 6.07 Å². The van der Waals surface area contributed by atoms with Crippen LogP contribution >= 0.6 is 0 Å². The Morgan fingerprint density at radius 2 is 2.05 bits per heavy atom. The Hall–Kier alpha value is -1.33. The zero-order valence-electron chi connectivity index (χ0n) is 11.8. The minimum atomic E-state index is -0.396. The average molecular weight is 278 g/mol. The molecule has 2 bridgehead atoms. The van der Waals surface area contributed by atoms with Crippen LogP contribution in [0.15, 0.2) is 12.3 Å². The van der Waals surface area contributed by atoms with Crippen molar-refractivity contribution in [3.8, 4) is 0 Å². The molecular weight excluding hydrogens is 259 g/mol. The Morgan fingerprint density at radius 1 is 1.40 bits per heavy atom. The van der Waals surface area contributed by atoms with Crippen LogP contribution < -0.4 is 0 Å². The maximum atomic E-state index is 13.1. The van der Waals surface area contributed by atoms with Gasteiger partial charge >= 0.3 is 0 Å². The van der Waals surface area contributed by atoms with Crippen LogP contribution in [0.2, 0.25) is 0 Å². The van der Waals surface area contributed by atoms with E-state index < -0.39 is 5.82 Å². The number of morpholine rings is 1. The summed E-state index contributed by atoms with van der Waals surface area (Å²) in [5.74, 6) is -0.373. The molecule has 0 N–H and O–H groups in total. The van der Waals surface area contributed by atoms with Gasteiger partial charge in [-0.3, -0.25) is 9.69 Å². The summed E-state index contributed by atoms with van der Waals surface area (Å²) in [4.78, 5) is 18.9.